The van der Waals surface area contributed by atoms with Crippen LogP contribution in [0.4, 0.5) is 5.69 Å². The van der Waals surface area contributed by atoms with Crippen LogP contribution >= 0.6 is 15.9 Å². The Morgan fingerprint density at radius 2 is 2.11 bits per heavy atom. The number of anilines is 1. The van der Waals surface area contributed by atoms with Crippen molar-refractivity contribution in [1.82, 2.24) is 9.88 Å². The quantitative estimate of drug-likeness (QED) is 0.945. The Bertz CT molecular complexity index is 613. The molecule has 2 rings (SSSR count). The van der Waals surface area contributed by atoms with Gasteiger partial charge in [0.2, 0.25) is 5.91 Å². The summed E-state index contributed by atoms with van der Waals surface area (Å²) >= 11 is 3.48. The number of likely N-dealkylation sites (N-methyl/N-ethyl adjacent to an activating group) is 1. The van der Waals surface area contributed by atoms with Gasteiger partial charge in [-0.05, 0) is 35.0 Å². The van der Waals surface area contributed by atoms with Crippen LogP contribution in [-0.2, 0) is 4.79 Å². The van der Waals surface area contributed by atoms with Gasteiger partial charge in [-0.15, -0.1) is 0 Å². The second-order valence-corrected chi connectivity index (χ2v) is 5.45. The number of hydrogen-bond acceptors (Lipinski definition) is 3. The van der Waals surface area contributed by atoms with Crippen molar-refractivity contribution in [2.75, 3.05) is 19.4 Å². The minimum absolute atomic E-state index is 0.0416. The highest BCUT2D eigenvalue weighted by Crippen LogP contribution is 2.27. The van der Waals surface area contributed by atoms with Crippen LogP contribution in [0.5, 0.6) is 0 Å². The molecule has 0 saturated heterocycles. The SMILES string of the molecule is C[C@H](Nc1ccnc2c(Br)cccc12)C(=O)N(C)C. The zero-order valence-electron chi connectivity index (χ0n) is 11.1. The highest BCUT2D eigenvalue weighted by atomic mass is 79.9. The van der Waals surface area contributed by atoms with E-state index in [2.05, 4.69) is 26.2 Å². The topological polar surface area (TPSA) is 45.2 Å². The minimum atomic E-state index is -0.278. The van der Waals surface area contributed by atoms with Crippen molar-refractivity contribution in [2.45, 2.75) is 13.0 Å². The number of nitrogens with one attached hydrogen (secondary N) is 1. The molecule has 1 heterocycles. The summed E-state index contributed by atoms with van der Waals surface area (Å²) in [6, 6.07) is 7.50. The molecule has 4 nitrogen and oxygen atoms in total. The molecule has 0 bridgehead atoms. The van der Waals surface area contributed by atoms with Crippen LogP contribution < -0.4 is 5.32 Å². The summed E-state index contributed by atoms with van der Waals surface area (Å²) in [6.07, 6.45) is 1.74. The normalized spacial score (nSPS) is 12.2. The summed E-state index contributed by atoms with van der Waals surface area (Å²) in [4.78, 5) is 17.8. The molecule has 0 aliphatic rings. The number of carbonyl (C=O) groups excluding carboxylic acids is 1. The number of halogens is 1. The molecule has 19 heavy (non-hydrogen) atoms. The first-order valence-electron chi connectivity index (χ1n) is 6.01. The minimum Gasteiger partial charge on any atom is -0.373 e. The fraction of sp³-hybridized carbons (Fsp3) is 0.286. The maximum atomic E-state index is 11.9. The Morgan fingerprint density at radius 3 is 2.79 bits per heavy atom. The fourth-order valence-electron chi connectivity index (χ4n) is 1.95. The van der Waals surface area contributed by atoms with E-state index in [1.165, 1.54) is 0 Å². The maximum absolute atomic E-state index is 11.9. The summed E-state index contributed by atoms with van der Waals surface area (Å²) in [7, 11) is 3.50. The van der Waals surface area contributed by atoms with Crippen LogP contribution in [0.25, 0.3) is 10.9 Å². The number of para-hydroxylation sites is 1. The zero-order valence-corrected chi connectivity index (χ0v) is 12.7. The second kappa shape index (κ2) is 5.57. The Hall–Kier alpha value is -1.62. The molecule has 0 fully saturated rings. The number of benzene rings is 1. The third-order valence-corrected chi connectivity index (χ3v) is 3.54. The number of nitrogens with zero attached hydrogens (tertiary/aromatic N) is 2. The summed E-state index contributed by atoms with van der Waals surface area (Å²) in [5.41, 5.74) is 1.80. The van der Waals surface area contributed by atoms with Gasteiger partial charge in [0.1, 0.15) is 6.04 Å². The van der Waals surface area contributed by atoms with E-state index in [-0.39, 0.29) is 11.9 Å². The first-order valence-corrected chi connectivity index (χ1v) is 6.81. The second-order valence-electron chi connectivity index (χ2n) is 4.59. The van der Waals surface area contributed by atoms with Gasteiger partial charge in [0.05, 0.1) is 5.52 Å². The molecular weight excluding hydrogens is 306 g/mol. The van der Waals surface area contributed by atoms with Crippen molar-refractivity contribution in [1.29, 1.82) is 0 Å². The van der Waals surface area contributed by atoms with Gasteiger partial charge in [0, 0.05) is 35.8 Å². The van der Waals surface area contributed by atoms with Crippen LogP contribution in [0, 0.1) is 0 Å². The summed E-state index contributed by atoms with van der Waals surface area (Å²) < 4.78 is 0.945. The average Bonchev–Trinajstić information content (AvgIpc) is 2.39. The third kappa shape index (κ3) is 2.87. The Kier molecular flexibility index (Phi) is 4.04. The van der Waals surface area contributed by atoms with E-state index < -0.39 is 0 Å². The molecule has 0 aliphatic carbocycles. The highest BCUT2D eigenvalue weighted by molar-refractivity contribution is 9.10. The first kappa shape index (κ1) is 13.8. The van der Waals surface area contributed by atoms with Crippen molar-refractivity contribution in [2.24, 2.45) is 0 Å². The van der Waals surface area contributed by atoms with Crippen molar-refractivity contribution in [3.05, 3.63) is 34.9 Å². The molecule has 0 aliphatic heterocycles. The van der Waals surface area contributed by atoms with Crippen molar-refractivity contribution >= 4 is 38.4 Å². The van der Waals surface area contributed by atoms with E-state index in [0.29, 0.717) is 0 Å². The number of amides is 1. The largest absolute Gasteiger partial charge is 0.373 e. The maximum Gasteiger partial charge on any atom is 0.244 e. The van der Waals surface area contributed by atoms with E-state index in [1.54, 1.807) is 25.2 Å². The lowest BCUT2D eigenvalue weighted by Gasteiger charge is -2.19. The lowest BCUT2D eigenvalue weighted by atomic mass is 10.1. The van der Waals surface area contributed by atoms with Crippen LogP contribution in [0.1, 0.15) is 6.92 Å². The molecule has 1 amide bonds. The van der Waals surface area contributed by atoms with E-state index >= 15 is 0 Å². The van der Waals surface area contributed by atoms with E-state index in [9.17, 15) is 4.79 Å². The standard InChI is InChI=1S/C14H16BrN3O/c1-9(14(19)18(2)3)17-12-7-8-16-13-10(12)5-4-6-11(13)15/h4-9H,1-3H3,(H,16,17)/t9-/m0/s1. The van der Waals surface area contributed by atoms with Gasteiger partial charge in [-0.3, -0.25) is 9.78 Å². The van der Waals surface area contributed by atoms with Crippen molar-refractivity contribution < 1.29 is 4.79 Å². The summed E-state index contributed by atoms with van der Waals surface area (Å²) in [5, 5.41) is 4.24. The van der Waals surface area contributed by atoms with E-state index in [4.69, 9.17) is 0 Å². The lowest BCUT2D eigenvalue weighted by Crippen LogP contribution is -2.36. The molecule has 0 radical (unpaired) electrons. The Balaban J connectivity index is 2.36. The molecule has 1 aromatic carbocycles. The molecule has 5 heteroatoms. The molecule has 1 N–H and O–H groups in total. The van der Waals surface area contributed by atoms with Gasteiger partial charge in [0.25, 0.3) is 0 Å². The van der Waals surface area contributed by atoms with Crippen molar-refractivity contribution in [3.63, 3.8) is 0 Å². The number of hydrogen-bond donors (Lipinski definition) is 1. The van der Waals surface area contributed by atoms with Gasteiger partial charge < -0.3 is 10.2 Å². The number of pyridine rings is 1. The number of fused-ring (bicyclic) bond motifs is 1. The molecule has 0 spiro atoms. The van der Waals surface area contributed by atoms with Crippen LogP contribution in [0.3, 0.4) is 0 Å². The molecular formula is C14H16BrN3O. The van der Waals surface area contributed by atoms with Gasteiger partial charge in [-0.25, -0.2) is 0 Å². The molecule has 1 aromatic heterocycles. The van der Waals surface area contributed by atoms with Gasteiger partial charge >= 0.3 is 0 Å². The highest BCUT2D eigenvalue weighted by Gasteiger charge is 2.15. The third-order valence-electron chi connectivity index (χ3n) is 2.91. The fourth-order valence-corrected chi connectivity index (χ4v) is 2.42. The van der Waals surface area contributed by atoms with Gasteiger partial charge in [0.15, 0.2) is 0 Å². The summed E-state index contributed by atoms with van der Waals surface area (Å²) in [5.74, 6) is 0.0416. The van der Waals surface area contributed by atoms with Crippen LogP contribution in [-0.4, -0.2) is 35.9 Å². The lowest BCUT2D eigenvalue weighted by molar-refractivity contribution is -0.129. The van der Waals surface area contributed by atoms with Crippen LogP contribution in [0.2, 0.25) is 0 Å². The smallest absolute Gasteiger partial charge is 0.244 e. The van der Waals surface area contributed by atoms with Crippen molar-refractivity contribution in [3.8, 4) is 0 Å². The molecule has 2 aromatic rings. The predicted molar refractivity (Wildman–Crippen MR) is 81.2 cm³/mol. The zero-order chi connectivity index (χ0) is 14.0. The Labute approximate surface area is 120 Å². The van der Waals surface area contributed by atoms with Crippen LogP contribution in [0.15, 0.2) is 34.9 Å². The average molecular weight is 322 g/mol. The summed E-state index contributed by atoms with van der Waals surface area (Å²) in [6.45, 7) is 1.85. The van der Waals surface area contributed by atoms with E-state index in [1.807, 2.05) is 31.2 Å². The van der Waals surface area contributed by atoms with E-state index in [0.717, 1.165) is 21.1 Å². The number of rotatable bonds is 3. The van der Waals surface area contributed by atoms with Gasteiger partial charge in [-0.1, -0.05) is 12.1 Å². The molecule has 100 valence electrons. The molecule has 1 atom stereocenters. The number of aromatic nitrogens is 1. The number of carbonyl (C=O) groups is 1. The molecule has 0 saturated carbocycles. The predicted octanol–water partition coefficient (Wildman–Crippen LogP) is 2.89. The first-order chi connectivity index (χ1) is 9.00. The molecule has 0 unspecified atom stereocenters. The Morgan fingerprint density at radius 1 is 1.37 bits per heavy atom. The van der Waals surface area contributed by atoms with Gasteiger partial charge in [-0.2, -0.15) is 0 Å². The monoisotopic (exact) mass is 321 g/mol.